The van der Waals surface area contributed by atoms with Gasteiger partial charge in [-0.25, -0.2) is 12.8 Å². The Bertz CT molecular complexity index is 1140. The maximum atomic E-state index is 14.1. The molecule has 2 N–H and O–H groups in total. The van der Waals surface area contributed by atoms with Crippen LogP contribution in [0.5, 0.6) is 0 Å². The highest BCUT2D eigenvalue weighted by molar-refractivity contribution is 7.90. The molecule has 1 atom stereocenters. The van der Waals surface area contributed by atoms with Crippen molar-refractivity contribution in [2.75, 3.05) is 5.32 Å². The number of sulfone groups is 1. The topological polar surface area (TPSA) is 101 Å². The van der Waals surface area contributed by atoms with Gasteiger partial charge in [-0.1, -0.05) is 18.2 Å². The Hall–Kier alpha value is -2.79. The molecule has 154 valence electrons. The molecular weight excluding hydrogens is 418 g/mol. The normalized spacial score (nSPS) is 17.5. The average Bonchev–Trinajstić information content (AvgIpc) is 2.69. The number of rotatable bonds is 2. The fraction of sp³-hybridized carbons (Fsp3) is 0.222. The van der Waals surface area contributed by atoms with E-state index in [0.717, 1.165) is 24.3 Å². The van der Waals surface area contributed by atoms with Gasteiger partial charge in [0.25, 0.3) is 5.91 Å². The van der Waals surface area contributed by atoms with Crippen LogP contribution < -0.4 is 5.32 Å². The van der Waals surface area contributed by atoms with Crippen LogP contribution in [0.4, 0.5) is 23.2 Å². The monoisotopic (exact) mass is 431 g/mol. The number of alkyl halides is 3. The Morgan fingerprint density at radius 3 is 2.38 bits per heavy atom. The van der Waals surface area contributed by atoms with Gasteiger partial charge in [0, 0.05) is 11.1 Å². The molecule has 0 saturated heterocycles. The summed E-state index contributed by atoms with van der Waals surface area (Å²) in [6, 6.07) is 6.48. The Labute approximate surface area is 162 Å². The van der Waals surface area contributed by atoms with E-state index >= 15 is 0 Å². The molecule has 0 radical (unpaired) electrons. The van der Waals surface area contributed by atoms with E-state index in [4.69, 9.17) is 0 Å². The van der Waals surface area contributed by atoms with Crippen molar-refractivity contribution in [3.05, 3.63) is 58.9 Å². The molecule has 0 fully saturated rings. The Morgan fingerprint density at radius 2 is 1.76 bits per heavy atom. The lowest BCUT2D eigenvalue weighted by molar-refractivity contribution is -0.242. The van der Waals surface area contributed by atoms with E-state index in [-0.39, 0.29) is 18.1 Å². The number of hydrogen-bond acceptors (Lipinski definition) is 5. The molecule has 0 aliphatic carbocycles. The number of halogens is 4. The Kier molecular flexibility index (Phi) is 4.79. The van der Waals surface area contributed by atoms with Crippen molar-refractivity contribution in [3.8, 4) is 0 Å². The van der Waals surface area contributed by atoms with Crippen LogP contribution >= 0.6 is 0 Å². The second-order valence-corrected chi connectivity index (χ2v) is 8.51. The summed E-state index contributed by atoms with van der Waals surface area (Å²) in [6.45, 7) is 0.215. The standard InChI is InChI=1S/C18H13F4NO5S/c1-17(26,18(20,21)22)16(25)23-12-6-3-7-13-14(12)15(24)9-4-2-5-11(19)10(9)8-29(13,27)28/h2-7,26H,8H2,1H3,(H,23,25). The van der Waals surface area contributed by atoms with Crippen molar-refractivity contribution < 1.29 is 40.7 Å². The van der Waals surface area contributed by atoms with E-state index < -0.39 is 61.0 Å². The van der Waals surface area contributed by atoms with E-state index in [9.17, 15) is 40.7 Å². The predicted octanol–water partition coefficient (Wildman–Crippen LogP) is 2.60. The van der Waals surface area contributed by atoms with Crippen LogP contribution in [0.1, 0.15) is 28.4 Å². The van der Waals surface area contributed by atoms with Crippen LogP contribution in [0.15, 0.2) is 41.3 Å². The first-order valence-electron chi connectivity index (χ1n) is 8.06. The number of hydrogen-bond donors (Lipinski definition) is 2. The zero-order chi connectivity index (χ0) is 21.8. The first-order valence-corrected chi connectivity index (χ1v) is 9.71. The average molecular weight is 431 g/mol. The highest BCUT2D eigenvalue weighted by Crippen LogP contribution is 2.36. The first kappa shape index (κ1) is 20.9. The number of nitrogens with one attached hydrogen (secondary N) is 1. The molecule has 0 saturated carbocycles. The van der Waals surface area contributed by atoms with Crippen LogP contribution in [-0.2, 0) is 20.4 Å². The molecule has 6 nitrogen and oxygen atoms in total. The van der Waals surface area contributed by atoms with Crippen LogP contribution in [0.2, 0.25) is 0 Å². The van der Waals surface area contributed by atoms with E-state index in [2.05, 4.69) is 0 Å². The van der Waals surface area contributed by atoms with Crippen molar-refractivity contribution in [1.29, 1.82) is 0 Å². The first-order chi connectivity index (χ1) is 13.3. The van der Waals surface area contributed by atoms with Gasteiger partial charge >= 0.3 is 6.18 Å². The largest absolute Gasteiger partial charge is 0.426 e. The second kappa shape index (κ2) is 6.63. The minimum absolute atomic E-state index is 0.215. The van der Waals surface area contributed by atoms with Crippen molar-refractivity contribution in [1.82, 2.24) is 0 Å². The van der Waals surface area contributed by atoms with Gasteiger partial charge in [-0.3, -0.25) is 9.59 Å². The van der Waals surface area contributed by atoms with Gasteiger partial charge in [0.15, 0.2) is 15.6 Å². The lowest BCUT2D eigenvalue weighted by Gasteiger charge is -2.25. The fourth-order valence-electron chi connectivity index (χ4n) is 2.82. The molecular formula is C18H13F4NO5S. The van der Waals surface area contributed by atoms with Crippen molar-refractivity contribution in [2.24, 2.45) is 0 Å². The number of carbonyl (C=O) groups excluding carboxylic acids is 2. The second-order valence-electron chi connectivity index (χ2n) is 6.56. The molecule has 3 rings (SSSR count). The third-order valence-electron chi connectivity index (χ3n) is 4.53. The number of carbonyl (C=O) groups is 2. The predicted molar refractivity (Wildman–Crippen MR) is 92.5 cm³/mol. The maximum absolute atomic E-state index is 14.1. The van der Waals surface area contributed by atoms with E-state index in [0.29, 0.717) is 0 Å². The smallest absolute Gasteiger partial charge is 0.373 e. The van der Waals surface area contributed by atoms with Gasteiger partial charge in [-0.05, 0) is 25.1 Å². The van der Waals surface area contributed by atoms with Crippen LogP contribution in [-0.4, -0.2) is 37.0 Å². The summed E-state index contributed by atoms with van der Waals surface area (Å²) < 4.78 is 78.3. The molecule has 0 aromatic heterocycles. The summed E-state index contributed by atoms with van der Waals surface area (Å²) in [5.41, 5.74) is -5.64. The quantitative estimate of drug-likeness (QED) is 0.712. The summed E-state index contributed by atoms with van der Waals surface area (Å²) in [4.78, 5) is 24.4. The minimum atomic E-state index is -5.32. The van der Waals surface area contributed by atoms with Gasteiger partial charge in [-0.15, -0.1) is 0 Å². The summed E-state index contributed by atoms with van der Waals surface area (Å²) in [7, 11) is -4.27. The fourth-order valence-corrected chi connectivity index (χ4v) is 4.45. The maximum Gasteiger partial charge on any atom is 0.426 e. The van der Waals surface area contributed by atoms with Crippen molar-refractivity contribution in [2.45, 2.75) is 29.3 Å². The molecule has 0 bridgehead atoms. The van der Waals surface area contributed by atoms with Gasteiger partial charge in [0.1, 0.15) is 5.82 Å². The number of ketones is 1. The SMILES string of the molecule is CC(O)(C(=O)Nc1cccc2c1C(=O)c1cccc(F)c1CS2(=O)=O)C(F)(F)F. The van der Waals surface area contributed by atoms with Crippen LogP contribution in [0, 0.1) is 5.82 Å². The summed E-state index contributed by atoms with van der Waals surface area (Å²) in [5, 5.41) is 11.3. The van der Waals surface area contributed by atoms with E-state index in [1.165, 1.54) is 12.1 Å². The van der Waals surface area contributed by atoms with E-state index in [1.807, 2.05) is 0 Å². The number of fused-ring (bicyclic) bond motifs is 2. The molecule has 11 heteroatoms. The third kappa shape index (κ3) is 3.40. The molecule has 1 aliphatic rings. The summed E-state index contributed by atoms with van der Waals surface area (Å²) in [6.07, 6.45) is -5.32. The Morgan fingerprint density at radius 1 is 1.14 bits per heavy atom. The summed E-state index contributed by atoms with van der Waals surface area (Å²) in [5.74, 6) is -4.67. The van der Waals surface area contributed by atoms with Crippen LogP contribution in [0.3, 0.4) is 0 Å². The highest BCUT2D eigenvalue weighted by atomic mass is 32.2. The molecule has 1 amide bonds. The lowest BCUT2D eigenvalue weighted by Crippen LogP contribution is -2.52. The molecule has 2 aromatic carbocycles. The molecule has 1 unspecified atom stereocenters. The van der Waals surface area contributed by atoms with Crippen molar-refractivity contribution >= 4 is 27.2 Å². The Balaban J connectivity index is 2.20. The molecule has 2 aromatic rings. The van der Waals surface area contributed by atoms with Crippen molar-refractivity contribution in [3.63, 3.8) is 0 Å². The van der Waals surface area contributed by atoms with E-state index in [1.54, 1.807) is 5.32 Å². The highest BCUT2D eigenvalue weighted by Gasteiger charge is 2.56. The van der Waals surface area contributed by atoms with Gasteiger partial charge in [-0.2, -0.15) is 13.2 Å². The summed E-state index contributed by atoms with van der Waals surface area (Å²) >= 11 is 0. The minimum Gasteiger partial charge on any atom is -0.373 e. The lowest BCUT2D eigenvalue weighted by atomic mass is 9.97. The van der Waals surface area contributed by atoms with Gasteiger partial charge in [0.05, 0.1) is 21.9 Å². The third-order valence-corrected chi connectivity index (χ3v) is 6.21. The number of amides is 1. The van der Waals surface area contributed by atoms with Gasteiger partial charge < -0.3 is 10.4 Å². The molecule has 0 spiro atoms. The zero-order valence-corrected chi connectivity index (χ0v) is 15.5. The van der Waals surface area contributed by atoms with Crippen LogP contribution in [0.25, 0.3) is 0 Å². The zero-order valence-electron chi connectivity index (χ0n) is 14.7. The number of benzene rings is 2. The molecule has 1 aliphatic heterocycles. The number of anilines is 1. The molecule has 29 heavy (non-hydrogen) atoms. The number of aliphatic hydroxyl groups is 1. The molecule has 1 heterocycles. The van der Waals surface area contributed by atoms with Gasteiger partial charge in [0.2, 0.25) is 5.60 Å².